The largest absolute Gasteiger partial charge is 0.143 e. The maximum absolute atomic E-state index is 4.36. The number of benzene rings is 4. The van der Waals surface area contributed by atoms with E-state index in [1.807, 2.05) is 12.1 Å². The van der Waals surface area contributed by atoms with Crippen LogP contribution in [0.15, 0.2) is 112 Å². The predicted octanol–water partition coefficient (Wildman–Crippen LogP) is 8.76. The van der Waals surface area contributed by atoms with Crippen LogP contribution in [0.2, 0.25) is 0 Å². The van der Waals surface area contributed by atoms with Gasteiger partial charge in [-0.05, 0) is 69.6 Å². The highest BCUT2D eigenvalue weighted by molar-refractivity contribution is 7.99. The molecule has 2 heteroatoms. The van der Waals surface area contributed by atoms with Gasteiger partial charge in [-0.15, -0.1) is 12.6 Å². The van der Waals surface area contributed by atoms with Crippen molar-refractivity contribution in [3.63, 3.8) is 0 Å². The zero-order valence-corrected chi connectivity index (χ0v) is 19.3. The molecule has 0 heterocycles. The molecule has 0 aromatic heterocycles. The van der Waals surface area contributed by atoms with E-state index in [2.05, 4.69) is 118 Å². The minimum Gasteiger partial charge on any atom is -0.143 e. The number of thiol groups is 1. The van der Waals surface area contributed by atoms with Crippen LogP contribution in [0.25, 0.3) is 22.3 Å². The number of hydrogen-bond donors (Lipinski definition) is 1. The van der Waals surface area contributed by atoms with Crippen LogP contribution in [0.4, 0.5) is 0 Å². The minimum absolute atomic E-state index is 0.191. The van der Waals surface area contributed by atoms with E-state index in [0.717, 1.165) is 4.90 Å². The van der Waals surface area contributed by atoms with E-state index in [1.54, 1.807) is 11.8 Å². The Balaban J connectivity index is 1.46. The first-order valence-corrected chi connectivity index (χ1v) is 11.4. The Kier molecular flexibility index (Phi) is 6.08. The van der Waals surface area contributed by atoms with Gasteiger partial charge in [0.25, 0.3) is 0 Å². The van der Waals surface area contributed by atoms with Crippen LogP contribution in [0, 0.1) is 0 Å². The Hall–Kier alpha value is -2.42. The predicted molar refractivity (Wildman–Crippen MR) is 134 cm³/mol. The molecule has 0 atom stereocenters. The molecule has 4 aromatic rings. The van der Waals surface area contributed by atoms with Crippen molar-refractivity contribution in [1.82, 2.24) is 0 Å². The van der Waals surface area contributed by atoms with Crippen LogP contribution < -0.4 is 0 Å². The molecule has 0 aliphatic heterocycles. The van der Waals surface area contributed by atoms with E-state index in [0.29, 0.717) is 0 Å². The summed E-state index contributed by atoms with van der Waals surface area (Å²) in [4.78, 5) is 3.51. The lowest BCUT2D eigenvalue weighted by Crippen LogP contribution is -2.10. The lowest BCUT2D eigenvalue weighted by molar-refractivity contribution is 0.590. The number of hydrogen-bond acceptors (Lipinski definition) is 2. The van der Waals surface area contributed by atoms with Crippen LogP contribution in [-0.4, -0.2) is 0 Å². The third-order valence-electron chi connectivity index (χ3n) is 5.23. The zero-order valence-electron chi connectivity index (χ0n) is 17.6. The topological polar surface area (TPSA) is 0 Å². The number of rotatable bonds is 4. The normalized spacial score (nSPS) is 11.5. The Morgan fingerprint density at radius 2 is 0.833 bits per heavy atom. The Morgan fingerprint density at radius 3 is 1.23 bits per heavy atom. The highest BCUT2D eigenvalue weighted by atomic mass is 32.2. The van der Waals surface area contributed by atoms with Crippen molar-refractivity contribution in [2.24, 2.45) is 0 Å². The highest BCUT2D eigenvalue weighted by Crippen LogP contribution is 2.32. The summed E-state index contributed by atoms with van der Waals surface area (Å²) in [5, 5.41) is 0. The van der Waals surface area contributed by atoms with Crippen LogP contribution in [0.1, 0.15) is 26.3 Å². The van der Waals surface area contributed by atoms with Crippen LogP contribution in [0.5, 0.6) is 0 Å². The van der Waals surface area contributed by atoms with Gasteiger partial charge in [-0.3, -0.25) is 0 Å². The fourth-order valence-electron chi connectivity index (χ4n) is 3.38. The molecule has 0 spiro atoms. The van der Waals surface area contributed by atoms with Gasteiger partial charge < -0.3 is 0 Å². The van der Waals surface area contributed by atoms with Crippen molar-refractivity contribution in [2.75, 3.05) is 0 Å². The van der Waals surface area contributed by atoms with E-state index in [9.17, 15) is 0 Å². The van der Waals surface area contributed by atoms with Crippen molar-refractivity contribution >= 4 is 24.4 Å². The summed E-state index contributed by atoms with van der Waals surface area (Å²) in [6, 6.07) is 34.8. The van der Waals surface area contributed by atoms with Crippen molar-refractivity contribution in [3.8, 4) is 22.3 Å². The van der Waals surface area contributed by atoms with Gasteiger partial charge in [-0.2, -0.15) is 0 Å². The van der Waals surface area contributed by atoms with E-state index in [-0.39, 0.29) is 5.41 Å². The second kappa shape index (κ2) is 8.75. The first-order valence-electron chi connectivity index (χ1n) is 10.2. The Labute approximate surface area is 189 Å². The summed E-state index contributed by atoms with van der Waals surface area (Å²) < 4.78 is 0. The smallest absolute Gasteiger partial charge is 0.0122 e. The van der Waals surface area contributed by atoms with Crippen molar-refractivity contribution in [1.29, 1.82) is 0 Å². The third kappa shape index (κ3) is 5.00. The van der Waals surface area contributed by atoms with Gasteiger partial charge in [0.2, 0.25) is 0 Å². The van der Waals surface area contributed by atoms with Crippen molar-refractivity contribution in [2.45, 2.75) is 40.9 Å². The summed E-state index contributed by atoms with van der Waals surface area (Å²) in [6.45, 7) is 6.74. The van der Waals surface area contributed by atoms with Crippen LogP contribution >= 0.6 is 24.4 Å². The molecule has 30 heavy (non-hydrogen) atoms. The summed E-state index contributed by atoms with van der Waals surface area (Å²) in [7, 11) is 0. The molecule has 0 nitrogen and oxygen atoms in total. The molecule has 0 aliphatic rings. The molecule has 4 aromatic carbocycles. The molecule has 0 unspecified atom stereocenters. The highest BCUT2D eigenvalue weighted by Gasteiger charge is 2.13. The zero-order chi connectivity index (χ0) is 21.1. The van der Waals surface area contributed by atoms with E-state index < -0.39 is 0 Å². The molecule has 0 aliphatic carbocycles. The molecule has 4 rings (SSSR count). The maximum Gasteiger partial charge on any atom is 0.0122 e. The van der Waals surface area contributed by atoms with E-state index in [1.165, 1.54) is 37.6 Å². The SMILES string of the molecule is CC(C)(C)c1ccc(Sc2ccc(-c3ccc(-c4ccc(S)cc4)cc3)cc2)cc1. The van der Waals surface area contributed by atoms with Crippen molar-refractivity contribution < 1.29 is 0 Å². The van der Waals surface area contributed by atoms with Gasteiger partial charge in [-0.25, -0.2) is 0 Å². The van der Waals surface area contributed by atoms with E-state index >= 15 is 0 Å². The second-order valence-electron chi connectivity index (χ2n) is 8.53. The summed E-state index contributed by atoms with van der Waals surface area (Å²) in [6.07, 6.45) is 0. The Bertz CT molecular complexity index is 1100. The lowest BCUT2D eigenvalue weighted by atomic mass is 9.87. The minimum atomic E-state index is 0.191. The van der Waals surface area contributed by atoms with Crippen LogP contribution in [0.3, 0.4) is 0 Å². The maximum atomic E-state index is 4.36. The third-order valence-corrected chi connectivity index (χ3v) is 6.54. The second-order valence-corrected chi connectivity index (χ2v) is 10.2. The van der Waals surface area contributed by atoms with Gasteiger partial charge in [0.15, 0.2) is 0 Å². The lowest BCUT2D eigenvalue weighted by Gasteiger charge is -2.19. The average molecular weight is 427 g/mol. The van der Waals surface area contributed by atoms with Gasteiger partial charge in [0.1, 0.15) is 0 Å². The summed E-state index contributed by atoms with van der Waals surface area (Å²) in [5.74, 6) is 0. The van der Waals surface area contributed by atoms with Gasteiger partial charge in [0, 0.05) is 14.7 Å². The van der Waals surface area contributed by atoms with Crippen LogP contribution in [-0.2, 0) is 5.41 Å². The molecular formula is C28H26S2. The van der Waals surface area contributed by atoms with Crippen molar-refractivity contribution in [3.05, 3.63) is 103 Å². The average Bonchev–Trinajstić information content (AvgIpc) is 2.75. The molecule has 150 valence electrons. The molecule has 0 N–H and O–H groups in total. The first-order chi connectivity index (χ1) is 14.4. The molecular weight excluding hydrogens is 400 g/mol. The fraction of sp³-hybridized carbons (Fsp3) is 0.143. The quantitative estimate of drug-likeness (QED) is 0.318. The summed E-state index contributed by atoms with van der Waals surface area (Å²) in [5.41, 5.74) is 6.46. The monoisotopic (exact) mass is 426 g/mol. The fourth-order valence-corrected chi connectivity index (χ4v) is 4.35. The standard InChI is InChI=1S/C28H26S2/c1-28(2,3)24-12-18-27(19-13-24)30-26-16-10-23(11-17-26)21-6-4-20(5-7-21)22-8-14-25(29)15-9-22/h4-19,29H,1-3H3. The van der Waals surface area contributed by atoms with E-state index in [4.69, 9.17) is 0 Å². The molecule has 0 saturated heterocycles. The van der Waals surface area contributed by atoms with Gasteiger partial charge >= 0.3 is 0 Å². The molecule has 0 amide bonds. The molecule has 0 saturated carbocycles. The molecule has 0 radical (unpaired) electrons. The molecule has 0 fully saturated rings. The molecule has 0 bridgehead atoms. The Morgan fingerprint density at radius 1 is 0.500 bits per heavy atom. The first kappa shape index (κ1) is 20.8. The van der Waals surface area contributed by atoms with Gasteiger partial charge in [0.05, 0.1) is 0 Å². The summed E-state index contributed by atoms with van der Waals surface area (Å²) >= 11 is 6.17. The van der Waals surface area contributed by atoms with Gasteiger partial charge in [-0.1, -0.05) is 93.2 Å².